The largest absolute Gasteiger partial charge is 0.390 e. The number of amides is 3. The van der Waals surface area contributed by atoms with Crippen LogP contribution in [-0.2, 0) is 19.4 Å². The van der Waals surface area contributed by atoms with Crippen molar-refractivity contribution in [2.24, 2.45) is 5.73 Å². The number of primary amides is 1. The van der Waals surface area contributed by atoms with Crippen LogP contribution in [0.5, 0.6) is 0 Å². The lowest BCUT2D eigenvalue weighted by Gasteiger charge is -2.25. The zero-order valence-electron chi connectivity index (χ0n) is 19.9. The Hall–Kier alpha value is -3.82. The molecule has 0 aromatic heterocycles. The molecule has 0 bridgehead atoms. The molecule has 7 nitrogen and oxygen atoms in total. The first kappa shape index (κ1) is 26.8. The maximum absolute atomic E-state index is 13.7. The van der Waals surface area contributed by atoms with E-state index in [1.54, 1.807) is 0 Å². The van der Waals surface area contributed by atoms with E-state index in [-0.39, 0.29) is 18.5 Å². The maximum Gasteiger partial charge on any atom is 0.316 e. The summed E-state index contributed by atoms with van der Waals surface area (Å²) in [6.45, 7) is 2.72. The third-order valence-corrected chi connectivity index (χ3v) is 5.66. The Morgan fingerprint density at radius 3 is 2.25 bits per heavy atom. The van der Waals surface area contributed by atoms with E-state index in [2.05, 4.69) is 28.9 Å². The van der Waals surface area contributed by atoms with Crippen LogP contribution in [0.4, 0.5) is 19.3 Å². The number of hydrogen-bond acceptors (Lipinski definition) is 4. The van der Waals surface area contributed by atoms with Gasteiger partial charge in [0.15, 0.2) is 0 Å². The summed E-state index contributed by atoms with van der Waals surface area (Å²) in [7, 11) is 0. The Kier molecular flexibility index (Phi) is 9.49. The van der Waals surface area contributed by atoms with Crippen LogP contribution in [0.3, 0.4) is 0 Å². The van der Waals surface area contributed by atoms with Gasteiger partial charge in [-0.15, -0.1) is 0 Å². The second-order valence-electron chi connectivity index (χ2n) is 8.50. The molecule has 0 radical (unpaired) electrons. The molecule has 0 unspecified atom stereocenters. The number of aryl methyl sites for hydroxylation is 1. The highest BCUT2D eigenvalue weighted by molar-refractivity contribution is 5.95. The van der Waals surface area contributed by atoms with Crippen LogP contribution in [0.25, 0.3) is 0 Å². The van der Waals surface area contributed by atoms with Crippen molar-refractivity contribution in [1.29, 1.82) is 0 Å². The Labute approximate surface area is 208 Å². The average Bonchev–Trinajstić information content (AvgIpc) is 2.83. The van der Waals surface area contributed by atoms with Gasteiger partial charge in [-0.1, -0.05) is 31.2 Å². The number of rotatable bonds is 11. The lowest BCUT2D eigenvalue weighted by Crippen LogP contribution is -2.48. The second kappa shape index (κ2) is 12.8. The molecule has 0 saturated carbocycles. The van der Waals surface area contributed by atoms with Crippen LogP contribution in [-0.4, -0.2) is 35.7 Å². The van der Waals surface area contributed by atoms with Crippen molar-refractivity contribution < 1.29 is 23.5 Å². The first-order valence-electron chi connectivity index (χ1n) is 11.6. The summed E-state index contributed by atoms with van der Waals surface area (Å²) in [4.78, 5) is 23.9. The average molecular weight is 497 g/mol. The molecule has 3 rings (SSSR count). The highest BCUT2D eigenvalue weighted by Gasteiger charge is 2.23. The van der Waals surface area contributed by atoms with Crippen LogP contribution in [0.2, 0.25) is 0 Å². The van der Waals surface area contributed by atoms with E-state index >= 15 is 0 Å². The van der Waals surface area contributed by atoms with E-state index in [1.807, 2.05) is 18.2 Å². The van der Waals surface area contributed by atoms with Crippen molar-refractivity contribution in [3.8, 4) is 0 Å². The molecule has 3 amide bonds. The molecule has 3 aromatic rings. The van der Waals surface area contributed by atoms with E-state index in [9.17, 15) is 23.5 Å². The number of halogens is 2. The molecule has 0 aliphatic rings. The number of anilines is 1. The van der Waals surface area contributed by atoms with Crippen molar-refractivity contribution in [3.63, 3.8) is 0 Å². The van der Waals surface area contributed by atoms with E-state index < -0.39 is 35.7 Å². The van der Waals surface area contributed by atoms with Gasteiger partial charge in [0.1, 0.15) is 11.6 Å². The fourth-order valence-electron chi connectivity index (χ4n) is 3.83. The van der Waals surface area contributed by atoms with Crippen LogP contribution in [0, 0.1) is 11.6 Å². The van der Waals surface area contributed by atoms with E-state index in [4.69, 9.17) is 5.73 Å². The standard InChI is InChI=1S/C27H30F2N4O3/c1-2-17-4-3-5-18(10-17)15-31-16-25(34)24(13-19-11-21(28)14-22(29)12-19)33-26(35)20-6-8-23(9-7-20)32-27(30)36/h3-12,14,24-25,31,34H,2,13,15-16H2,1H3,(H,33,35)(H3,30,32,36)/t24-,25-/m0/s1. The summed E-state index contributed by atoms with van der Waals surface area (Å²) in [5.41, 5.74) is 8.34. The number of carbonyl (C=O) groups excluding carboxylic acids is 2. The van der Waals surface area contributed by atoms with Gasteiger partial charge in [-0.2, -0.15) is 0 Å². The van der Waals surface area contributed by atoms with E-state index in [0.29, 0.717) is 17.8 Å². The molecule has 6 N–H and O–H groups in total. The predicted octanol–water partition coefficient (Wildman–Crippen LogP) is 3.51. The zero-order chi connectivity index (χ0) is 26.1. The molecular weight excluding hydrogens is 466 g/mol. The second-order valence-corrected chi connectivity index (χ2v) is 8.50. The quantitative estimate of drug-likeness (QED) is 0.279. The lowest BCUT2D eigenvalue weighted by molar-refractivity contribution is 0.0830. The fourth-order valence-corrected chi connectivity index (χ4v) is 3.83. The van der Waals surface area contributed by atoms with Gasteiger partial charge in [0.05, 0.1) is 12.1 Å². The topological polar surface area (TPSA) is 116 Å². The summed E-state index contributed by atoms with van der Waals surface area (Å²) >= 11 is 0. The summed E-state index contributed by atoms with van der Waals surface area (Å²) in [5.74, 6) is -1.97. The molecule has 0 heterocycles. The van der Waals surface area contributed by atoms with E-state index in [1.165, 1.54) is 42.0 Å². The summed E-state index contributed by atoms with van der Waals surface area (Å²) in [6, 6.07) is 15.6. The molecule has 36 heavy (non-hydrogen) atoms. The zero-order valence-corrected chi connectivity index (χ0v) is 19.9. The minimum absolute atomic E-state index is 0.00982. The number of benzene rings is 3. The maximum atomic E-state index is 13.7. The van der Waals surface area contributed by atoms with Gasteiger partial charge in [0.25, 0.3) is 5.91 Å². The first-order valence-corrected chi connectivity index (χ1v) is 11.6. The molecule has 0 aliphatic carbocycles. The summed E-state index contributed by atoms with van der Waals surface area (Å²) in [6.07, 6.45) is -0.130. The predicted molar refractivity (Wildman–Crippen MR) is 134 cm³/mol. The van der Waals surface area contributed by atoms with Gasteiger partial charge in [-0.05, 0) is 65.9 Å². The van der Waals surface area contributed by atoms with Crippen LogP contribution < -0.4 is 21.7 Å². The van der Waals surface area contributed by atoms with Gasteiger partial charge in [0.2, 0.25) is 0 Å². The van der Waals surface area contributed by atoms with Gasteiger partial charge < -0.3 is 26.8 Å². The highest BCUT2D eigenvalue weighted by Crippen LogP contribution is 2.14. The number of nitrogens with two attached hydrogens (primary N) is 1. The minimum Gasteiger partial charge on any atom is -0.390 e. The monoisotopic (exact) mass is 496 g/mol. The minimum atomic E-state index is -1.05. The number of carbonyl (C=O) groups is 2. The van der Waals surface area contributed by atoms with Gasteiger partial charge in [-0.25, -0.2) is 13.6 Å². The molecule has 0 spiro atoms. The third-order valence-electron chi connectivity index (χ3n) is 5.66. The fraction of sp³-hybridized carbons (Fsp3) is 0.259. The molecule has 9 heteroatoms. The Balaban J connectivity index is 1.70. The molecule has 2 atom stereocenters. The third kappa shape index (κ3) is 8.14. The molecule has 0 saturated heterocycles. The number of aliphatic hydroxyl groups excluding tert-OH is 1. The Morgan fingerprint density at radius 2 is 1.61 bits per heavy atom. The first-order chi connectivity index (χ1) is 17.2. The molecule has 0 fully saturated rings. The normalized spacial score (nSPS) is 12.6. The Bertz CT molecular complexity index is 1170. The molecule has 190 valence electrons. The van der Waals surface area contributed by atoms with Crippen molar-refractivity contribution in [2.45, 2.75) is 38.5 Å². The van der Waals surface area contributed by atoms with Crippen molar-refractivity contribution in [1.82, 2.24) is 10.6 Å². The SMILES string of the molecule is CCc1cccc(CNC[C@H](O)[C@H](Cc2cc(F)cc(F)c2)NC(=O)c2ccc(NC(N)=O)cc2)c1. The molecule has 0 aliphatic heterocycles. The van der Waals surface area contributed by atoms with Gasteiger partial charge in [0, 0.05) is 30.4 Å². The van der Waals surface area contributed by atoms with Crippen LogP contribution in [0.1, 0.15) is 34.0 Å². The van der Waals surface area contributed by atoms with Crippen molar-refractivity contribution >= 4 is 17.6 Å². The van der Waals surface area contributed by atoms with Gasteiger partial charge in [-0.3, -0.25) is 4.79 Å². The van der Waals surface area contributed by atoms with Crippen LogP contribution >= 0.6 is 0 Å². The highest BCUT2D eigenvalue weighted by atomic mass is 19.1. The lowest BCUT2D eigenvalue weighted by atomic mass is 10.00. The number of urea groups is 1. The Morgan fingerprint density at radius 1 is 0.944 bits per heavy atom. The summed E-state index contributed by atoms with van der Waals surface area (Å²) < 4.78 is 27.5. The summed E-state index contributed by atoms with van der Waals surface area (Å²) in [5, 5.41) is 19.2. The molecular formula is C27H30F2N4O3. The number of hydrogen-bond donors (Lipinski definition) is 5. The van der Waals surface area contributed by atoms with E-state index in [0.717, 1.165) is 18.1 Å². The van der Waals surface area contributed by atoms with Gasteiger partial charge >= 0.3 is 6.03 Å². The molecule has 3 aromatic carbocycles. The smallest absolute Gasteiger partial charge is 0.316 e. The number of aliphatic hydroxyl groups is 1. The number of nitrogens with one attached hydrogen (secondary N) is 3. The van der Waals surface area contributed by atoms with Crippen LogP contribution in [0.15, 0.2) is 66.7 Å². The van der Waals surface area contributed by atoms with Crippen molar-refractivity contribution in [2.75, 3.05) is 11.9 Å². The van der Waals surface area contributed by atoms with Crippen molar-refractivity contribution in [3.05, 3.63) is 101 Å².